The van der Waals surface area contributed by atoms with Crippen molar-refractivity contribution in [2.24, 2.45) is 0 Å². The number of hydrogen-bond acceptors (Lipinski definition) is 3. The molecule has 2 rings (SSSR count). The van der Waals surface area contributed by atoms with Gasteiger partial charge in [-0.1, -0.05) is 27.5 Å². The molecule has 0 saturated carbocycles. The maximum absolute atomic E-state index is 12.3. The number of pyridine rings is 1. The van der Waals surface area contributed by atoms with Crippen LogP contribution in [0.4, 0.5) is 11.5 Å². The lowest BCUT2D eigenvalue weighted by Gasteiger charge is -2.09. The summed E-state index contributed by atoms with van der Waals surface area (Å²) in [5.74, 6) is 0.316. The summed E-state index contributed by atoms with van der Waals surface area (Å²) in [5, 5.41) is 6.01. The molecule has 1 aromatic heterocycles. The third kappa shape index (κ3) is 3.49. The summed E-state index contributed by atoms with van der Waals surface area (Å²) in [4.78, 5) is 16.3. The zero-order valence-corrected chi connectivity index (χ0v) is 13.3. The van der Waals surface area contributed by atoms with Gasteiger partial charge in [-0.15, -0.1) is 0 Å². The standard InChI is InChI=1S/C14H13BrClN3O/c1-8-3-9(15)5-10(4-8)19-14(20)11-6-13(17-2)18-7-12(11)16/h3-7H,1-2H3,(H,17,18)(H,19,20). The molecule has 6 heteroatoms. The van der Waals surface area contributed by atoms with Gasteiger partial charge in [0.2, 0.25) is 0 Å². The normalized spacial score (nSPS) is 10.2. The highest BCUT2D eigenvalue weighted by molar-refractivity contribution is 9.10. The lowest BCUT2D eigenvalue weighted by Crippen LogP contribution is -2.13. The van der Waals surface area contributed by atoms with E-state index in [0.717, 1.165) is 10.0 Å². The van der Waals surface area contributed by atoms with E-state index in [1.165, 1.54) is 6.20 Å². The Morgan fingerprint density at radius 1 is 1.30 bits per heavy atom. The Kier molecular flexibility index (Phi) is 4.62. The molecule has 0 radical (unpaired) electrons. The third-order valence-electron chi connectivity index (χ3n) is 2.66. The Morgan fingerprint density at radius 2 is 2.05 bits per heavy atom. The van der Waals surface area contributed by atoms with Crippen LogP contribution in [-0.2, 0) is 0 Å². The summed E-state index contributed by atoms with van der Waals surface area (Å²) in [5.41, 5.74) is 2.14. The van der Waals surface area contributed by atoms with Crippen LogP contribution >= 0.6 is 27.5 Å². The monoisotopic (exact) mass is 353 g/mol. The Labute approximate surface area is 130 Å². The van der Waals surface area contributed by atoms with E-state index < -0.39 is 0 Å². The maximum Gasteiger partial charge on any atom is 0.257 e. The van der Waals surface area contributed by atoms with Crippen molar-refractivity contribution in [3.05, 3.63) is 51.1 Å². The highest BCUT2D eigenvalue weighted by Crippen LogP contribution is 2.22. The average Bonchev–Trinajstić information content (AvgIpc) is 2.37. The fraction of sp³-hybridized carbons (Fsp3) is 0.143. The van der Waals surface area contributed by atoms with Crippen molar-refractivity contribution in [2.45, 2.75) is 6.92 Å². The number of nitrogens with zero attached hydrogens (tertiary/aromatic N) is 1. The van der Waals surface area contributed by atoms with Gasteiger partial charge in [-0.2, -0.15) is 0 Å². The van der Waals surface area contributed by atoms with Crippen LogP contribution in [0.25, 0.3) is 0 Å². The summed E-state index contributed by atoms with van der Waals surface area (Å²) < 4.78 is 0.907. The molecule has 0 saturated heterocycles. The zero-order chi connectivity index (χ0) is 14.7. The first-order valence-electron chi connectivity index (χ1n) is 5.91. The van der Waals surface area contributed by atoms with Crippen molar-refractivity contribution in [1.29, 1.82) is 0 Å². The van der Waals surface area contributed by atoms with E-state index in [0.29, 0.717) is 22.1 Å². The lowest BCUT2D eigenvalue weighted by molar-refractivity contribution is 0.102. The quantitative estimate of drug-likeness (QED) is 0.872. The topological polar surface area (TPSA) is 54.0 Å². The first-order valence-corrected chi connectivity index (χ1v) is 7.08. The molecule has 4 nitrogen and oxygen atoms in total. The van der Waals surface area contributed by atoms with Gasteiger partial charge in [-0.25, -0.2) is 4.98 Å². The van der Waals surface area contributed by atoms with Gasteiger partial charge in [-0.05, 0) is 36.8 Å². The van der Waals surface area contributed by atoms with Crippen LogP contribution in [0, 0.1) is 6.92 Å². The SMILES string of the molecule is CNc1cc(C(=O)Nc2cc(C)cc(Br)c2)c(Cl)cn1. The zero-order valence-electron chi connectivity index (χ0n) is 11.0. The van der Waals surface area contributed by atoms with E-state index in [1.54, 1.807) is 13.1 Å². The molecule has 104 valence electrons. The number of carbonyl (C=O) groups excluding carboxylic acids is 1. The van der Waals surface area contributed by atoms with E-state index >= 15 is 0 Å². The minimum atomic E-state index is -0.272. The van der Waals surface area contributed by atoms with E-state index in [-0.39, 0.29) is 5.91 Å². The highest BCUT2D eigenvalue weighted by Gasteiger charge is 2.12. The van der Waals surface area contributed by atoms with Crippen molar-refractivity contribution >= 4 is 44.9 Å². The van der Waals surface area contributed by atoms with E-state index in [1.807, 2.05) is 25.1 Å². The molecular weight excluding hydrogens is 342 g/mol. The van der Waals surface area contributed by atoms with Gasteiger partial charge in [0, 0.05) is 23.4 Å². The fourth-order valence-electron chi connectivity index (χ4n) is 1.76. The molecule has 0 aliphatic carbocycles. The lowest BCUT2D eigenvalue weighted by atomic mass is 10.2. The van der Waals surface area contributed by atoms with Crippen LogP contribution in [0.15, 0.2) is 34.9 Å². The molecule has 0 unspecified atom stereocenters. The number of hydrogen-bond donors (Lipinski definition) is 2. The molecule has 1 aromatic carbocycles. The summed E-state index contributed by atoms with van der Waals surface area (Å²) in [6.07, 6.45) is 1.45. The van der Waals surface area contributed by atoms with Gasteiger partial charge in [0.25, 0.3) is 5.91 Å². The minimum absolute atomic E-state index is 0.272. The number of benzene rings is 1. The van der Waals surface area contributed by atoms with Crippen LogP contribution in [-0.4, -0.2) is 17.9 Å². The Balaban J connectivity index is 2.27. The molecule has 0 spiro atoms. The molecule has 2 aromatic rings. The van der Waals surface area contributed by atoms with Crippen molar-refractivity contribution in [3.63, 3.8) is 0 Å². The largest absolute Gasteiger partial charge is 0.373 e. The molecule has 1 heterocycles. The summed E-state index contributed by atoms with van der Waals surface area (Å²) in [6, 6.07) is 7.30. The second-order valence-electron chi connectivity index (χ2n) is 4.27. The third-order valence-corrected chi connectivity index (χ3v) is 3.42. The molecule has 0 atom stereocenters. The number of rotatable bonds is 3. The van der Waals surface area contributed by atoms with Crippen LogP contribution < -0.4 is 10.6 Å². The van der Waals surface area contributed by atoms with Crippen LogP contribution in [0.1, 0.15) is 15.9 Å². The van der Waals surface area contributed by atoms with Crippen molar-refractivity contribution in [3.8, 4) is 0 Å². The number of amides is 1. The molecule has 0 aliphatic rings. The number of halogens is 2. The predicted molar refractivity (Wildman–Crippen MR) is 85.6 cm³/mol. The molecule has 20 heavy (non-hydrogen) atoms. The van der Waals surface area contributed by atoms with Crippen molar-refractivity contribution in [1.82, 2.24) is 4.98 Å². The first-order chi connectivity index (χ1) is 9.49. The number of anilines is 2. The molecule has 1 amide bonds. The van der Waals surface area contributed by atoms with Gasteiger partial charge < -0.3 is 10.6 Å². The Morgan fingerprint density at radius 3 is 2.70 bits per heavy atom. The molecule has 0 fully saturated rings. The van der Waals surface area contributed by atoms with E-state index in [2.05, 4.69) is 31.5 Å². The van der Waals surface area contributed by atoms with Gasteiger partial charge in [0.15, 0.2) is 0 Å². The smallest absolute Gasteiger partial charge is 0.257 e. The van der Waals surface area contributed by atoms with Crippen LogP contribution in [0.5, 0.6) is 0 Å². The molecule has 0 bridgehead atoms. The maximum atomic E-state index is 12.3. The Hall–Kier alpha value is -1.59. The van der Waals surface area contributed by atoms with Crippen LogP contribution in [0.3, 0.4) is 0 Å². The van der Waals surface area contributed by atoms with Crippen molar-refractivity contribution < 1.29 is 4.79 Å². The van der Waals surface area contributed by atoms with Gasteiger partial charge >= 0.3 is 0 Å². The second kappa shape index (κ2) is 6.24. The fourth-order valence-corrected chi connectivity index (χ4v) is 2.55. The number of carbonyl (C=O) groups is 1. The Bertz CT molecular complexity index is 641. The molecule has 2 N–H and O–H groups in total. The summed E-state index contributed by atoms with van der Waals surface area (Å²) in [6.45, 7) is 1.96. The van der Waals surface area contributed by atoms with Crippen LogP contribution in [0.2, 0.25) is 5.02 Å². The second-order valence-corrected chi connectivity index (χ2v) is 5.59. The number of nitrogens with one attached hydrogen (secondary N) is 2. The number of aryl methyl sites for hydroxylation is 1. The van der Waals surface area contributed by atoms with E-state index in [9.17, 15) is 4.79 Å². The minimum Gasteiger partial charge on any atom is -0.373 e. The average molecular weight is 355 g/mol. The van der Waals surface area contributed by atoms with E-state index in [4.69, 9.17) is 11.6 Å². The number of aromatic nitrogens is 1. The first kappa shape index (κ1) is 14.8. The highest BCUT2D eigenvalue weighted by atomic mass is 79.9. The van der Waals surface area contributed by atoms with Gasteiger partial charge in [0.05, 0.1) is 10.6 Å². The van der Waals surface area contributed by atoms with Crippen molar-refractivity contribution in [2.75, 3.05) is 17.7 Å². The summed E-state index contributed by atoms with van der Waals surface area (Å²) >= 11 is 9.42. The predicted octanol–water partition coefficient (Wildman–Crippen LogP) is 4.10. The molecular formula is C14H13BrClN3O. The van der Waals surface area contributed by atoms with Gasteiger partial charge in [-0.3, -0.25) is 4.79 Å². The summed E-state index contributed by atoms with van der Waals surface area (Å²) in [7, 11) is 1.73. The van der Waals surface area contributed by atoms with Gasteiger partial charge in [0.1, 0.15) is 5.82 Å². The molecule has 0 aliphatic heterocycles.